The average Bonchev–Trinajstić information content (AvgIpc) is 2.60. The van der Waals surface area contributed by atoms with Gasteiger partial charge in [-0.3, -0.25) is 9.59 Å². The van der Waals surface area contributed by atoms with E-state index < -0.39 is 22.0 Å². The molecule has 1 aromatic carbocycles. The summed E-state index contributed by atoms with van der Waals surface area (Å²) in [6.07, 6.45) is 3.17. The lowest BCUT2D eigenvalue weighted by atomic mass is 10.0. The summed E-state index contributed by atoms with van der Waals surface area (Å²) < 4.78 is 27.1. The van der Waals surface area contributed by atoms with Crippen LogP contribution in [0.4, 0.5) is 5.69 Å². The van der Waals surface area contributed by atoms with E-state index >= 15 is 0 Å². The van der Waals surface area contributed by atoms with Crippen LogP contribution in [0.15, 0.2) is 23.1 Å². The zero-order valence-corrected chi connectivity index (χ0v) is 15.0. The molecule has 0 spiro atoms. The largest absolute Gasteiger partial charge is 0.480 e. The van der Waals surface area contributed by atoms with Crippen LogP contribution in [0.25, 0.3) is 0 Å². The molecular formula is C17H22N2O5S. The minimum atomic E-state index is -3.88. The lowest BCUT2D eigenvalue weighted by Crippen LogP contribution is -2.47. The second kappa shape index (κ2) is 6.76. The number of rotatable bonds is 3. The van der Waals surface area contributed by atoms with Gasteiger partial charge in [0.05, 0.1) is 4.90 Å². The van der Waals surface area contributed by atoms with E-state index in [2.05, 4.69) is 0 Å². The van der Waals surface area contributed by atoms with E-state index in [4.69, 9.17) is 0 Å². The van der Waals surface area contributed by atoms with Crippen molar-refractivity contribution in [3.63, 3.8) is 0 Å². The number of carboxylic acid groups (broad SMARTS) is 1. The summed E-state index contributed by atoms with van der Waals surface area (Å²) in [5, 5.41) is 9.36. The minimum Gasteiger partial charge on any atom is -0.480 e. The number of carbonyl (C=O) groups is 2. The summed E-state index contributed by atoms with van der Waals surface area (Å²) >= 11 is 0. The molecule has 0 aliphatic carbocycles. The van der Waals surface area contributed by atoms with Crippen LogP contribution in [0.3, 0.4) is 0 Å². The topological polar surface area (TPSA) is 95.0 Å². The zero-order chi connectivity index (χ0) is 18.2. The van der Waals surface area contributed by atoms with Gasteiger partial charge >= 0.3 is 5.97 Å². The lowest BCUT2D eigenvalue weighted by molar-refractivity contribution is -0.142. The molecule has 2 aliphatic rings. The van der Waals surface area contributed by atoms with Gasteiger partial charge in [-0.1, -0.05) is 0 Å². The lowest BCUT2D eigenvalue weighted by Gasteiger charge is -2.33. The number of aliphatic carboxylic acids is 1. The van der Waals surface area contributed by atoms with Crippen LogP contribution in [0.5, 0.6) is 0 Å². The van der Waals surface area contributed by atoms with Gasteiger partial charge in [-0.25, -0.2) is 8.42 Å². The average molecular weight is 366 g/mol. The summed E-state index contributed by atoms with van der Waals surface area (Å²) in [7, 11) is -3.88. The Bertz CT molecular complexity index is 805. The first kappa shape index (κ1) is 17.9. The maximum atomic E-state index is 13.0. The summed E-state index contributed by atoms with van der Waals surface area (Å²) in [6, 6.07) is 3.71. The molecule has 0 aromatic heterocycles. The number of sulfonamides is 1. The van der Waals surface area contributed by atoms with Crippen molar-refractivity contribution >= 4 is 27.6 Å². The normalized spacial score (nSPS) is 21.6. The SMILES string of the molecule is CC(=O)N1CCCc2cc(S(=O)(=O)N3CCCC[C@H]3C(=O)O)ccc21. The number of anilines is 1. The molecule has 1 aromatic rings. The Balaban J connectivity index is 1.98. The first-order valence-electron chi connectivity index (χ1n) is 8.48. The molecule has 0 radical (unpaired) electrons. The van der Waals surface area contributed by atoms with Gasteiger partial charge in [-0.2, -0.15) is 4.31 Å². The zero-order valence-electron chi connectivity index (χ0n) is 14.1. The number of carboxylic acids is 1. The fourth-order valence-corrected chi connectivity index (χ4v) is 5.34. The molecule has 136 valence electrons. The first-order chi connectivity index (χ1) is 11.8. The van der Waals surface area contributed by atoms with Crippen molar-refractivity contribution in [1.29, 1.82) is 0 Å². The number of hydrogen-bond acceptors (Lipinski definition) is 4. The molecule has 0 bridgehead atoms. The Labute approximate surface area is 147 Å². The van der Waals surface area contributed by atoms with Gasteiger partial charge in [0.15, 0.2) is 0 Å². The Morgan fingerprint density at radius 2 is 1.92 bits per heavy atom. The third-order valence-corrected chi connectivity index (χ3v) is 6.80. The van der Waals surface area contributed by atoms with Gasteiger partial charge in [0.25, 0.3) is 0 Å². The second-order valence-corrected chi connectivity index (χ2v) is 8.42. The number of aryl methyl sites for hydroxylation is 1. The van der Waals surface area contributed by atoms with Gasteiger partial charge in [-0.05, 0) is 55.9 Å². The molecule has 1 saturated heterocycles. The maximum absolute atomic E-state index is 13.0. The van der Waals surface area contributed by atoms with Crippen molar-refractivity contribution in [3.05, 3.63) is 23.8 Å². The highest BCUT2D eigenvalue weighted by atomic mass is 32.2. The molecule has 8 heteroatoms. The quantitative estimate of drug-likeness (QED) is 0.877. The van der Waals surface area contributed by atoms with E-state index in [1.165, 1.54) is 13.0 Å². The van der Waals surface area contributed by atoms with Gasteiger partial charge in [0.2, 0.25) is 15.9 Å². The molecule has 2 aliphatic heterocycles. The summed E-state index contributed by atoms with van der Waals surface area (Å²) in [5.41, 5.74) is 1.55. The summed E-state index contributed by atoms with van der Waals surface area (Å²) in [6.45, 7) is 2.34. The van der Waals surface area contributed by atoms with E-state index in [9.17, 15) is 23.1 Å². The Kier molecular flexibility index (Phi) is 4.83. The predicted molar refractivity (Wildman–Crippen MR) is 92.0 cm³/mol. The maximum Gasteiger partial charge on any atom is 0.322 e. The van der Waals surface area contributed by atoms with Crippen LogP contribution in [-0.2, 0) is 26.0 Å². The number of amides is 1. The van der Waals surface area contributed by atoms with Gasteiger partial charge in [0.1, 0.15) is 6.04 Å². The molecule has 0 unspecified atom stereocenters. The van der Waals surface area contributed by atoms with E-state index in [0.717, 1.165) is 22.0 Å². The van der Waals surface area contributed by atoms with Gasteiger partial charge in [-0.15, -0.1) is 0 Å². The number of fused-ring (bicyclic) bond motifs is 1. The van der Waals surface area contributed by atoms with Crippen LogP contribution in [-0.4, -0.2) is 48.8 Å². The molecule has 1 amide bonds. The minimum absolute atomic E-state index is 0.0708. The van der Waals surface area contributed by atoms with Gasteiger partial charge in [0, 0.05) is 25.7 Å². The van der Waals surface area contributed by atoms with Crippen molar-refractivity contribution < 1.29 is 23.1 Å². The fourth-order valence-electron chi connectivity index (χ4n) is 3.64. The summed E-state index contributed by atoms with van der Waals surface area (Å²) in [4.78, 5) is 24.9. The van der Waals surface area contributed by atoms with E-state index in [0.29, 0.717) is 32.2 Å². The van der Waals surface area contributed by atoms with Crippen molar-refractivity contribution in [2.45, 2.75) is 50.0 Å². The van der Waals surface area contributed by atoms with E-state index in [1.54, 1.807) is 17.0 Å². The fraction of sp³-hybridized carbons (Fsp3) is 0.529. The molecular weight excluding hydrogens is 344 g/mol. The highest BCUT2D eigenvalue weighted by molar-refractivity contribution is 7.89. The molecule has 1 atom stereocenters. The molecule has 3 rings (SSSR count). The number of carbonyl (C=O) groups excluding carboxylic acids is 1. The molecule has 1 fully saturated rings. The molecule has 0 saturated carbocycles. The third kappa shape index (κ3) is 3.28. The number of hydrogen-bond donors (Lipinski definition) is 1. The summed E-state index contributed by atoms with van der Waals surface area (Å²) in [5.74, 6) is -1.18. The van der Waals surface area contributed by atoms with Crippen LogP contribution < -0.4 is 4.90 Å². The predicted octanol–water partition coefficient (Wildman–Crippen LogP) is 1.61. The third-order valence-electron chi connectivity index (χ3n) is 4.90. The van der Waals surface area contributed by atoms with E-state index in [-0.39, 0.29) is 17.3 Å². The van der Waals surface area contributed by atoms with Crippen LogP contribution in [0.1, 0.15) is 38.2 Å². The Morgan fingerprint density at radius 3 is 2.60 bits per heavy atom. The smallest absolute Gasteiger partial charge is 0.322 e. The van der Waals surface area contributed by atoms with Gasteiger partial charge < -0.3 is 10.0 Å². The molecule has 2 heterocycles. The molecule has 7 nitrogen and oxygen atoms in total. The van der Waals surface area contributed by atoms with Crippen LogP contribution >= 0.6 is 0 Å². The highest BCUT2D eigenvalue weighted by Gasteiger charge is 2.38. The van der Waals surface area contributed by atoms with Crippen molar-refractivity contribution in [2.75, 3.05) is 18.0 Å². The van der Waals surface area contributed by atoms with E-state index in [1.807, 2.05) is 0 Å². The monoisotopic (exact) mass is 366 g/mol. The highest BCUT2D eigenvalue weighted by Crippen LogP contribution is 2.32. The number of nitrogens with zero attached hydrogens (tertiary/aromatic N) is 2. The number of benzene rings is 1. The van der Waals surface area contributed by atoms with Crippen molar-refractivity contribution in [3.8, 4) is 0 Å². The van der Waals surface area contributed by atoms with Crippen molar-refractivity contribution in [1.82, 2.24) is 4.31 Å². The first-order valence-corrected chi connectivity index (χ1v) is 9.92. The molecule has 25 heavy (non-hydrogen) atoms. The number of piperidine rings is 1. The Morgan fingerprint density at radius 1 is 1.16 bits per heavy atom. The second-order valence-electron chi connectivity index (χ2n) is 6.53. The standard InChI is InChI=1S/C17H22N2O5S/c1-12(20)18-9-4-5-13-11-14(7-8-15(13)18)25(23,24)19-10-3-2-6-16(19)17(21)22/h7-8,11,16H,2-6,9-10H2,1H3,(H,21,22)/t16-/m0/s1. The van der Waals surface area contributed by atoms with Crippen LogP contribution in [0.2, 0.25) is 0 Å². The molecule has 1 N–H and O–H groups in total. The van der Waals surface area contributed by atoms with Crippen LogP contribution in [0, 0.1) is 0 Å². The van der Waals surface area contributed by atoms with Crippen molar-refractivity contribution in [2.24, 2.45) is 0 Å². The Hall–Kier alpha value is -1.93.